The van der Waals surface area contributed by atoms with E-state index in [1.807, 2.05) is 19.9 Å². The lowest BCUT2D eigenvalue weighted by Crippen LogP contribution is -2.21. The van der Waals surface area contributed by atoms with Crippen molar-refractivity contribution in [3.05, 3.63) is 46.3 Å². The molecule has 1 aliphatic rings. The molecule has 3 rings (SSSR count). The molecule has 1 fully saturated rings. The number of hydrazone groups is 1. The number of carbonyl (C=O) groups excluding carboxylic acids is 1. The van der Waals surface area contributed by atoms with Gasteiger partial charge in [-0.2, -0.15) is 5.10 Å². The molecular formula is C19H25N5O. The first-order valence-corrected chi connectivity index (χ1v) is 8.80. The summed E-state index contributed by atoms with van der Waals surface area (Å²) >= 11 is 0. The average Bonchev–Trinajstić information content (AvgIpc) is 3.15. The molecule has 0 radical (unpaired) electrons. The van der Waals surface area contributed by atoms with E-state index in [2.05, 4.69) is 45.0 Å². The first kappa shape index (κ1) is 17.3. The maximum atomic E-state index is 12.2. The van der Waals surface area contributed by atoms with Gasteiger partial charge in [0.15, 0.2) is 0 Å². The van der Waals surface area contributed by atoms with Gasteiger partial charge in [0, 0.05) is 34.4 Å². The van der Waals surface area contributed by atoms with Crippen molar-refractivity contribution in [1.29, 1.82) is 0 Å². The molecule has 0 aliphatic heterocycles. The highest BCUT2D eigenvalue weighted by molar-refractivity contribution is 5.91. The molecule has 0 spiro atoms. The summed E-state index contributed by atoms with van der Waals surface area (Å²) in [6.45, 7) is 7.92. The van der Waals surface area contributed by atoms with Gasteiger partial charge in [0.1, 0.15) is 0 Å². The van der Waals surface area contributed by atoms with Gasteiger partial charge in [-0.1, -0.05) is 12.8 Å². The van der Waals surface area contributed by atoms with Gasteiger partial charge in [-0.05, 0) is 52.7 Å². The quantitative estimate of drug-likeness (QED) is 0.685. The Morgan fingerprint density at radius 2 is 1.80 bits per heavy atom. The predicted octanol–water partition coefficient (Wildman–Crippen LogP) is 3.39. The number of hydrogen-bond donors (Lipinski definition) is 1. The smallest absolute Gasteiger partial charge is 0.309 e. The largest absolute Gasteiger partial charge is 0.345 e. The third kappa shape index (κ3) is 3.78. The molecule has 0 aromatic carbocycles. The number of aryl methyl sites for hydroxylation is 3. The summed E-state index contributed by atoms with van der Waals surface area (Å²) in [6, 6.07) is 4.55. The summed E-state index contributed by atoms with van der Waals surface area (Å²) in [6.07, 6.45) is 6.80. The highest BCUT2D eigenvalue weighted by atomic mass is 16.2. The van der Waals surface area contributed by atoms with Gasteiger partial charge in [0.25, 0.3) is 0 Å². The molecule has 0 saturated heterocycles. The minimum Gasteiger partial charge on any atom is -0.345 e. The second-order valence-electron chi connectivity index (χ2n) is 6.81. The minimum absolute atomic E-state index is 0.145. The maximum Gasteiger partial charge on any atom is 0.309 e. The van der Waals surface area contributed by atoms with Crippen LogP contribution in [0.15, 0.2) is 17.2 Å². The number of nitrogens with zero attached hydrogens (tertiary/aromatic N) is 4. The van der Waals surface area contributed by atoms with E-state index in [1.54, 1.807) is 6.21 Å². The first-order chi connectivity index (χ1) is 12.0. The lowest BCUT2D eigenvalue weighted by atomic mass is 10.2. The Labute approximate surface area is 148 Å². The third-order valence-corrected chi connectivity index (χ3v) is 4.77. The van der Waals surface area contributed by atoms with Gasteiger partial charge in [0.2, 0.25) is 5.82 Å². The van der Waals surface area contributed by atoms with Crippen LogP contribution >= 0.6 is 0 Å². The van der Waals surface area contributed by atoms with E-state index < -0.39 is 5.91 Å². The zero-order valence-electron chi connectivity index (χ0n) is 15.3. The number of hydrogen-bond acceptors (Lipinski definition) is 4. The molecule has 1 saturated carbocycles. The minimum atomic E-state index is -0.396. The molecule has 2 aromatic heterocycles. The topological polar surface area (TPSA) is 72.2 Å². The van der Waals surface area contributed by atoms with Crippen LogP contribution < -0.4 is 5.43 Å². The first-order valence-electron chi connectivity index (χ1n) is 8.80. The van der Waals surface area contributed by atoms with Crippen molar-refractivity contribution in [2.45, 2.75) is 59.4 Å². The van der Waals surface area contributed by atoms with Crippen molar-refractivity contribution in [2.24, 2.45) is 5.10 Å². The van der Waals surface area contributed by atoms with E-state index >= 15 is 0 Å². The SMILES string of the molecule is Cc1cc(C)nc(C(=O)N/N=C/c2cc(C)n(C3CCCC3)c2C)n1. The van der Waals surface area contributed by atoms with Crippen molar-refractivity contribution in [3.63, 3.8) is 0 Å². The Hall–Kier alpha value is -2.50. The molecule has 0 bridgehead atoms. The van der Waals surface area contributed by atoms with Crippen molar-refractivity contribution in [2.75, 3.05) is 0 Å². The van der Waals surface area contributed by atoms with Crippen LogP contribution in [0.5, 0.6) is 0 Å². The van der Waals surface area contributed by atoms with Gasteiger partial charge in [-0.25, -0.2) is 15.4 Å². The fourth-order valence-electron chi connectivity index (χ4n) is 3.70. The van der Waals surface area contributed by atoms with Gasteiger partial charge in [-0.15, -0.1) is 0 Å². The summed E-state index contributed by atoms with van der Waals surface area (Å²) in [5.41, 5.74) is 7.53. The molecular weight excluding hydrogens is 314 g/mol. The summed E-state index contributed by atoms with van der Waals surface area (Å²) in [4.78, 5) is 20.4. The van der Waals surface area contributed by atoms with Crippen molar-refractivity contribution in [1.82, 2.24) is 20.0 Å². The Morgan fingerprint density at radius 1 is 1.16 bits per heavy atom. The van der Waals surface area contributed by atoms with E-state index in [-0.39, 0.29) is 5.82 Å². The molecule has 0 unspecified atom stereocenters. The predicted molar refractivity (Wildman–Crippen MR) is 98.0 cm³/mol. The van der Waals surface area contributed by atoms with Crippen LogP contribution in [-0.2, 0) is 0 Å². The molecule has 1 aliphatic carbocycles. The second-order valence-corrected chi connectivity index (χ2v) is 6.81. The highest BCUT2D eigenvalue weighted by Gasteiger charge is 2.20. The summed E-state index contributed by atoms with van der Waals surface area (Å²) in [5.74, 6) is -0.251. The molecule has 2 aromatic rings. The standard InChI is InChI=1S/C19H25N5O/c1-12-9-13(2)22-18(21-12)19(25)23-20-11-16-10-14(3)24(15(16)4)17-7-5-6-8-17/h9-11,17H,5-8H2,1-4H3,(H,23,25)/b20-11+. The number of nitrogens with one attached hydrogen (secondary N) is 1. The molecule has 6 nitrogen and oxygen atoms in total. The van der Waals surface area contributed by atoms with Crippen molar-refractivity contribution < 1.29 is 4.79 Å². The fourth-order valence-corrected chi connectivity index (χ4v) is 3.70. The molecule has 132 valence electrons. The van der Waals surface area contributed by atoms with Gasteiger partial charge in [0.05, 0.1) is 6.21 Å². The van der Waals surface area contributed by atoms with E-state index in [0.717, 1.165) is 17.0 Å². The van der Waals surface area contributed by atoms with Crippen LogP contribution in [0.25, 0.3) is 0 Å². The number of carbonyl (C=O) groups is 1. The van der Waals surface area contributed by atoms with Gasteiger partial charge >= 0.3 is 5.91 Å². The average molecular weight is 339 g/mol. The van der Waals surface area contributed by atoms with Crippen LogP contribution in [0.3, 0.4) is 0 Å². The monoisotopic (exact) mass is 339 g/mol. The lowest BCUT2D eigenvalue weighted by Gasteiger charge is -2.17. The Kier molecular flexibility index (Phi) is 4.97. The van der Waals surface area contributed by atoms with Crippen LogP contribution in [0.2, 0.25) is 0 Å². The number of amides is 1. The van der Waals surface area contributed by atoms with Crippen molar-refractivity contribution >= 4 is 12.1 Å². The molecule has 0 atom stereocenters. The maximum absolute atomic E-state index is 12.2. The van der Waals surface area contributed by atoms with E-state index in [4.69, 9.17) is 0 Å². The molecule has 1 amide bonds. The summed E-state index contributed by atoms with van der Waals surface area (Å²) in [5, 5.41) is 4.10. The second kappa shape index (κ2) is 7.17. The molecule has 6 heteroatoms. The van der Waals surface area contributed by atoms with Crippen LogP contribution in [0, 0.1) is 27.7 Å². The van der Waals surface area contributed by atoms with Gasteiger partial charge < -0.3 is 4.57 Å². The molecule has 25 heavy (non-hydrogen) atoms. The number of aromatic nitrogens is 3. The normalized spacial score (nSPS) is 15.2. The van der Waals surface area contributed by atoms with E-state index in [9.17, 15) is 4.79 Å². The summed E-state index contributed by atoms with van der Waals surface area (Å²) in [7, 11) is 0. The lowest BCUT2D eigenvalue weighted by molar-refractivity contribution is 0.0944. The van der Waals surface area contributed by atoms with E-state index in [0.29, 0.717) is 6.04 Å². The van der Waals surface area contributed by atoms with Crippen molar-refractivity contribution in [3.8, 4) is 0 Å². The Bertz CT molecular complexity index is 795. The molecule has 1 N–H and O–H groups in total. The van der Waals surface area contributed by atoms with Crippen LogP contribution in [0.4, 0.5) is 0 Å². The van der Waals surface area contributed by atoms with Crippen LogP contribution in [0.1, 0.15) is 70.7 Å². The zero-order valence-corrected chi connectivity index (χ0v) is 15.3. The van der Waals surface area contributed by atoms with Crippen LogP contribution in [-0.4, -0.2) is 26.7 Å². The zero-order chi connectivity index (χ0) is 18.0. The van der Waals surface area contributed by atoms with E-state index in [1.165, 1.54) is 37.1 Å². The highest BCUT2D eigenvalue weighted by Crippen LogP contribution is 2.32. The fraction of sp³-hybridized carbons (Fsp3) is 0.474. The Balaban J connectivity index is 1.72. The van der Waals surface area contributed by atoms with Gasteiger partial charge in [-0.3, -0.25) is 4.79 Å². The Morgan fingerprint density at radius 3 is 2.44 bits per heavy atom. The summed E-state index contributed by atoms with van der Waals surface area (Å²) < 4.78 is 2.41. The molecule has 2 heterocycles. The third-order valence-electron chi connectivity index (χ3n) is 4.77. The number of rotatable bonds is 4.